The van der Waals surface area contributed by atoms with Gasteiger partial charge in [-0.15, -0.1) is 0 Å². The second kappa shape index (κ2) is 16.1. The van der Waals surface area contributed by atoms with Crippen LogP contribution in [-0.2, 0) is 10.8 Å². The van der Waals surface area contributed by atoms with Crippen molar-refractivity contribution in [3.63, 3.8) is 0 Å². The predicted molar refractivity (Wildman–Crippen MR) is 283 cm³/mol. The van der Waals surface area contributed by atoms with Gasteiger partial charge in [-0.25, -0.2) is 0 Å². The summed E-state index contributed by atoms with van der Waals surface area (Å²) in [5, 5.41) is 7.22. The van der Waals surface area contributed by atoms with Gasteiger partial charge in [0.2, 0.25) is 0 Å². The van der Waals surface area contributed by atoms with E-state index in [1.807, 2.05) is 12.1 Å². The summed E-state index contributed by atoms with van der Waals surface area (Å²) in [6.07, 6.45) is 0. The van der Waals surface area contributed by atoms with E-state index in [4.69, 9.17) is 4.42 Å². The van der Waals surface area contributed by atoms with Crippen molar-refractivity contribution in [2.45, 2.75) is 52.4 Å². The molecule has 11 rings (SSSR count). The number of hydrogen-bond donors (Lipinski definition) is 0. The Labute approximate surface area is 388 Å². The molecule has 0 saturated carbocycles. The zero-order chi connectivity index (χ0) is 45.2. The van der Waals surface area contributed by atoms with Crippen molar-refractivity contribution in [3.05, 3.63) is 223 Å². The minimum Gasteiger partial charge on any atom is -0.456 e. The number of fused-ring (bicyclic) bond motifs is 5. The topological polar surface area (TPSA) is 16.4 Å². The molecule has 0 aliphatic heterocycles. The third-order valence-corrected chi connectivity index (χ3v) is 13.4. The average molecular weight is 852 g/mol. The van der Waals surface area contributed by atoms with Gasteiger partial charge in [0.25, 0.3) is 0 Å². The molecule has 0 atom stereocenters. The number of furan rings is 1. The summed E-state index contributed by atoms with van der Waals surface area (Å²) < 4.78 is 6.18. The fourth-order valence-corrected chi connectivity index (χ4v) is 9.66. The molecule has 0 radical (unpaired) electrons. The fraction of sp³-hybridized carbons (Fsp3) is 0.125. The molecule has 0 saturated heterocycles. The van der Waals surface area contributed by atoms with E-state index in [2.05, 4.69) is 247 Å². The Bertz CT molecular complexity index is 3560. The third kappa shape index (κ3) is 7.53. The predicted octanol–water partition coefficient (Wildman–Crippen LogP) is 18.6. The molecule has 320 valence electrons. The Kier molecular flexibility index (Phi) is 10.0. The second-order valence-corrected chi connectivity index (χ2v) is 19.8. The van der Waals surface area contributed by atoms with Crippen molar-refractivity contribution in [1.29, 1.82) is 0 Å². The summed E-state index contributed by atoms with van der Waals surface area (Å²) in [4.78, 5) is 2.43. The zero-order valence-corrected chi connectivity index (χ0v) is 38.6. The van der Waals surface area contributed by atoms with E-state index in [0.717, 1.165) is 50.1 Å². The van der Waals surface area contributed by atoms with Crippen molar-refractivity contribution in [2.24, 2.45) is 0 Å². The summed E-state index contributed by atoms with van der Waals surface area (Å²) in [5.74, 6) is 0. The average Bonchev–Trinajstić information content (AvgIpc) is 3.71. The molecule has 0 amide bonds. The molecule has 1 aromatic heterocycles. The molecule has 11 aromatic rings. The third-order valence-electron chi connectivity index (χ3n) is 13.4. The van der Waals surface area contributed by atoms with Crippen LogP contribution in [0, 0.1) is 0 Å². The molecule has 2 nitrogen and oxygen atoms in total. The number of anilines is 3. The van der Waals surface area contributed by atoms with Crippen LogP contribution in [0.1, 0.15) is 52.7 Å². The van der Waals surface area contributed by atoms with Crippen LogP contribution < -0.4 is 4.90 Å². The monoisotopic (exact) mass is 851 g/mol. The Morgan fingerprint density at radius 2 is 0.848 bits per heavy atom. The quantitative estimate of drug-likeness (QED) is 0.159. The normalized spacial score (nSPS) is 12.1. The van der Waals surface area contributed by atoms with E-state index in [9.17, 15) is 0 Å². The van der Waals surface area contributed by atoms with Crippen molar-refractivity contribution < 1.29 is 4.42 Å². The molecule has 0 bridgehead atoms. The number of para-hydroxylation sites is 2. The van der Waals surface area contributed by atoms with Crippen LogP contribution in [-0.4, -0.2) is 0 Å². The molecule has 0 unspecified atom stereocenters. The highest BCUT2D eigenvalue weighted by molar-refractivity contribution is 6.09. The first kappa shape index (κ1) is 41.1. The van der Waals surface area contributed by atoms with Gasteiger partial charge in [0.1, 0.15) is 11.2 Å². The lowest BCUT2D eigenvalue weighted by atomic mass is 9.78. The molecular formula is C64H53NO. The number of nitrogens with zero attached hydrogens (tertiary/aromatic N) is 1. The van der Waals surface area contributed by atoms with Crippen LogP contribution in [0.2, 0.25) is 0 Å². The van der Waals surface area contributed by atoms with Crippen LogP contribution >= 0.6 is 0 Å². The molecule has 2 heteroatoms. The van der Waals surface area contributed by atoms with E-state index < -0.39 is 0 Å². The highest BCUT2D eigenvalue weighted by Crippen LogP contribution is 2.46. The van der Waals surface area contributed by atoms with Gasteiger partial charge in [-0.2, -0.15) is 0 Å². The maximum atomic E-state index is 6.18. The van der Waals surface area contributed by atoms with Gasteiger partial charge >= 0.3 is 0 Å². The molecular weight excluding hydrogens is 799 g/mol. The Morgan fingerprint density at radius 1 is 0.333 bits per heavy atom. The fourth-order valence-electron chi connectivity index (χ4n) is 9.66. The molecule has 66 heavy (non-hydrogen) atoms. The van der Waals surface area contributed by atoms with Gasteiger partial charge in [-0.05, 0) is 137 Å². The van der Waals surface area contributed by atoms with Gasteiger partial charge in [0.15, 0.2) is 0 Å². The maximum Gasteiger partial charge on any atom is 0.135 e. The van der Waals surface area contributed by atoms with Gasteiger partial charge in [-0.1, -0.05) is 199 Å². The number of hydrogen-bond acceptors (Lipinski definition) is 2. The van der Waals surface area contributed by atoms with Crippen LogP contribution in [0.5, 0.6) is 0 Å². The smallest absolute Gasteiger partial charge is 0.135 e. The molecule has 0 aliphatic carbocycles. The van der Waals surface area contributed by atoms with Crippen LogP contribution in [0.15, 0.2) is 217 Å². The first-order valence-electron chi connectivity index (χ1n) is 23.2. The summed E-state index contributed by atoms with van der Waals surface area (Å²) >= 11 is 0. The number of benzene rings is 10. The van der Waals surface area contributed by atoms with E-state index in [1.165, 1.54) is 66.1 Å². The highest BCUT2D eigenvalue weighted by Gasteiger charge is 2.24. The minimum atomic E-state index is -0.00367. The van der Waals surface area contributed by atoms with Gasteiger partial charge in [0.05, 0.1) is 5.69 Å². The lowest BCUT2D eigenvalue weighted by molar-refractivity contribution is 0.569. The second-order valence-electron chi connectivity index (χ2n) is 19.8. The lowest BCUT2D eigenvalue weighted by Crippen LogP contribution is -2.16. The number of rotatable bonds is 7. The largest absolute Gasteiger partial charge is 0.456 e. The maximum absolute atomic E-state index is 6.18. The standard InChI is InChI=1S/C64H53NO/c1-63(2,3)50-38-49(39-51(41-50)64(4,5)6)54-21-13-17-45-18-14-22-57(62(45)54)55-19-9-11-23-59(55)65(52-32-27-43(28-33-52)47-26-25-42-15-7-8-16-46(42)37-47)53-34-29-44(30-35-53)48-31-36-61-58(40-48)56-20-10-12-24-60(56)66-61/h7-41H,1-6H3. The lowest BCUT2D eigenvalue weighted by Gasteiger charge is -2.29. The molecule has 0 fully saturated rings. The molecule has 0 aliphatic rings. The van der Waals surface area contributed by atoms with Gasteiger partial charge in [-0.3, -0.25) is 0 Å². The summed E-state index contributed by atoms with van der Waals surface area (Å²) in [6.45, 7) is 13.9. The van der Waals surface area contributed by atoms with Crippen molar-refractivity contribution in [2.75, 3.05) is 4.90 Å². The highest BCUT2D eigenvalue weighted by atomic mass is 16.3. The van der Waals surface area contributed by atoms with Crippen molar-refractivity contribution in [1.82, 2.24) is 0 Å². The van der Waals surface area contributed by atoms with E-state index in [1.54, 1.807) is 0 Å². The van der Waals surface area contributed by atoms with E-state index in [0.29, 0.717) is 0 Å². The Hall–Kier alpha value is -7.68. The van der Waals surface area contributed by atoms with Gasteiger partial charge < -0.3 is 9.32 Å². The van der Waals surface area contributed by atoms with Crippen molar-refractivity contribution in [3.8, 4) is 44.5 Å². The van der Waals surface area contributed by atoms with Crippen LogP contribution in [0.25, 0.3) is 88.0 Å². The molecule has 0 N–H and O–H groups in total. The summed E-state index contributed by atoms with van der Waals surface area (Å²) in [6, 6.07) is 78.0. The van der Waals surface area contributed by atoms with Crippen LogP contribution in [0.3, 0.4) is 0 Å². The first-order chi connectivity index (χ1) is 32.0. The molecule has 0 spiro atoms. The SMILES string of the molecule is CC(C)(C)c1cc(-c2cccc3cccc(-c4ccccc4N(c4ccc(-c5ccc6ccccc6c5)cc4)c4ccc(-c5ccc6oc7ccccc7c6c5)cc4)c23)cc(C(C)(C)C)c1. The minimum absolute atomic E-state index is 0.00367. The Morgan fingerprint density at radius 3 is 1.53 bits per heavy atom. The Balaban J connectivity index is 1.07. The van der Waals surface area contributed by atoms with Crippen molar-refractivity contribution >= 4 is 60.5 Å². The van der Waals surface area contributed by atoms with Gasteiger partial charge in [0, 0.05) is 27.7 Å². The zero-order valence-electron chi connectivity index (χ0n) is 38.6. The van der Waals surface area contributed by atoms with Crippen LogP contribution in [0.4, 0.5) is 17.1 Å². The summed E-state index contributed by atoms with van der Waals surface area (Å²) in [5.41, 5.74) is 17.3. The van der Waals surface area contributed by atoms with E-state index in [-0.39, 0.29) is 10.8 Å². The van der Waals surface area contributed by atoms with E-state index >= 15 is 0 Å². The summed E-state index contributed by atoms with van der Waals surface area (Å²) in [7, 11) is 0. The first-order valence-corrected chi connectivity index (χ1v) is 23.2. The molecule has 1 heterocycles. The molecule has 10 aromatic carbocycles.